The second kappa shape index (κ2) is 5.44. The molecule has 0 saturated heterocycles. The van der Waals surface area contributed by atoms with Crippen LogP contribution in [0.5, 0.6) is 0 Å². The molecule has 0 bridgehead atoms. The van der Waals surface area contributed by atoms with Gasteiger partial charge in [0.1, 0.15) is 11.4 Å². The van der Waals surface area contributed by atoms with Gasteiger partial charge >= 0.3 is 0 Å². The molecule has 0 radical (unpaired) electrons. The molecular formula is C15H20N4O2. The Kier molecular flexibility index (Phi) is 3.63. The lowest BCUT2D eigenvalue weighted by Gasteiger charge is -2.36. The van der Waals surface area contributed by atoms with Crippen molar-refractivity contribution < 1.29 is 9.26 Å². The minimum absolute atomic E-state index is 0.431. The van der Waals surface area contributed by atoms with Crippen LogP contribution >= 0.6 is 0 Å². The number of nitrogens with zero attached hydrogens (tertiary/aromatic N) is 3. The van der Waals surface area contributed by atoms with Gasteiger partial charge in [0.05, 0.1) is 0 Å². The third-order valence-corrected chi connectivity index (χ3v) is 4.21. The Labute approximate surface area is 123 Å². The molecule has 2 unspecified atom stereocenters. The van der Waals surface area contributed by atoms with Gasteiger partial charge in [0.2, 0.25) is 5.82 Å². The highest BCUT2D eigenvalue weighted by Crippen LogP contribution is 2.41. The number of pyridine rings is 1. The first kappa shape index (κ1) is 14.0. The quantitative estimate of drug-likeness (QED) is 0.934. The van der Waals surface area contributed by atoms with Crippen LogP contribution in [0.2, 0.25) is 0 Å². The van der Waals surface area contributed by atoms with Gasteiger partial charge in [0, 0.05) is 18.9 Å². The third-order valence-electron chi connectivity index (χ3n) is 4.21. The minimum Gasteiger partial charge on any atom is -0.384 e. The SMILES string of the molecule is COC1(c2noc(-c3ccnc(N)c3)n2)CCCC(C)C1. The molecule has 1 aliphatic carbocycles. The maximum Gasteiger partial charge on any atom is 0.258 e. The summed E-state index contributed by atoms with van der Waals surface area (Å²) in [4.78, 5) is 8.50. The van der Waals surface area contributed by atoms with E-state index < -0.39 is 5.60 Å². The van der Waals surface area contributed by atoms with Crippen LogP contribution in [-0.4, -0.2) is 22.2 Å². The fourth-order valence-electron chi connectivity index (χ4n) is 3.09. The van der Waals surface area contributed by atoms with Gasteiger partial charge < -0.3 is 15.0 Å². The summed E-state index contributed by atoms with van der Waals surface area (Å²) >= 11 is 0. The van der Waals surface area contributed by atoms with E-state index in [0.29, 0.717) is 23.5 Å². The van der Waals surface area contributed by atoms with Crippen molar-refractivity contribution in [2.45, 2.75) is 38.2 Å². The predicted octanol–water partition coefficient (Wildman–Crippen LogP) is 2.77. The molecule has 21 heavy (non-hydrogen) atoms. The second-order valence-electron chi connectivity index (χ2n) is 5.79. The van der Waals surface area contributed by atoms with Crippen molar-refractivity contribution in [1.29, 1.82) is 0 Å². The molecule has 112 valence electrons. The Morgan fingerprint density at radius 1 is 1.48 bits per heavy atom. The number of anilines is 1. The molecule has 2 atom stereocenters. The van der Waals surface area contributed by atoms with Crippen LogP contribution < -0.4 is 5.73 Å². The van der Waals surface area contributed by atoms with E-state index in [1.54, 1.807) is 25.4 Å². The summed E-state index contributed by atoms with van der Waals surface area (Å²) < 4.78 is 11.2. The Morgan fingerprint density at radius 3 is 3.05 bits per heavy atom. The molecule has 6 nitrogen and oxygen atoms in total. The number of hydrogen-bond donors (Lipinski definition) is 1. The van der Waals surface area contributed by atoms with Crippen molar-refractivity contribution in [1.82, 2.24) is 15.1 Å². The molecular weight excluding hydrogens is 268 g/mol. The number of hydrogen-bond acceptors (Lipinski definition) is 6. The van der Waals surface area contributed by atoms with Gasteiger partial charge in [-0.1, -0.05) is 18.5 Å². The summed E-state index contributed by atoms with van der Waals surface area (Å²) in [6, 6.07) is 3.52. The van der Waals surface area contributed by atoms with Crippen LogP contribution in [0, 0.1) is 5.92 Å². The summed E-state index contributed by atoms with van der Waals surface area (Å²) in [7, 11) is 1.72. The molecule has 2 heterocycles. The molecule has 1 saturated carbocycles. The first-order valence-electron chi connectivity index (χ1n) is 7.24. The summed E-state index contributed by atoms with van der Waals surface area (Å²) in [6.07, 6.45) is 5.80. The molecule has 0 aromatic carbocycles. The Morgan fingerprint density at radius 2 is 2.33 bits per heavy atom. The van der Waals surface area contributed by atoms with Crippen LogP contribution in [0.25, 0.3) is 11.5 Å². The number of rotatable bonds is 3. The number of ether oxygens (including phenoxy) is 1. The van der Waals surface area contributed by atoms with Crippen LogP contribution in [-0.2, 0) is 10.3 Å². The van der Waals surface area contributed by atoms with Crippen LogP contribution in [0.1, 0.15) is 38.4 Å². The number of methoxy groups -OCH3 is 1. The predicted molar refractivity (Wildman–Crippen MR) is 78.3 cm³/mol. The van der Waals surface area contributed by atoms with Crippen molar-refractivity contribution in [2.24, 2.45) is 5.92 Å². The van der Waals surface area contributed by atoms with Gasteiger partial charge in [-0.15, -0.1) is 0 Å². The fraction of sp³-hybridized carbons (Fsp3) is 0.533. The van der Waals surface area contributed by atoms with E-state index in [1.165, 1.54) is 6.42 Å². The highest BCUT2D eigenvalue weighted by atomic mass is 16.5. The van der Waals surface area contributed by atoms with E-state index in [4.69, 9.17) is 15.0 Å². The molecule has 0 aliphatic heterocycles. The Bertz CT molecular complexity index is 628. The van der Waals surface area contributed by atoms with E-state index in [0.717, 1.165) is 24.8 Å². The van der Waals surface area contributed by atoms with Crippen molar-refractivity contribution in [3.8, 4) is 11.5 Å². The van der Waals surface area contributed by atoms with Gasteiger partial charge in [0.15, 0.2) is 0 Å². The molecule has 1 aliphatic rings. The van der Waals surface area contributed by atoms with Crippen LogP contribution in [0.3, 0.4) is 0 Å². The van der Waals surface area contributed by atoms with E-state index in [2.05, 4.69) is 22.0 Å². The summed E-state index contributed by atoms with van der Waals surface area (Å²) in [5, 5.41) is 4.15. The van der Waals surface area contributed by atoms with Crippen molar-refractivity contribution in [2.75, 3.05) is 12.8 Å². The summed E-state index contributed by atoms with van der Waals surface area (Å²) in [6.45, 7) is 2.23. The van der Waals surface area contributed by atoms with Gasteiger partial charge in [-0.3, -0.25) is 0 Å². The van der Waals surface area contributed by atoms with Gasteiger partial charge in [-0.05, 0) is 37.3 Å². The lowest BCUT2D eigenvalue weighted by molar-refractivity contribution is -0.0658. The van der Waals surface area contributed by atoms with Crippen LogP contribution in [0.4, 0.5) is 5.82 Å². The first-order valence-corrected chi connectivity index (χ1v) is 7.24. The van der Waals surface area contributed by atoms with Crippen molar-refractivity contribution in [3.05, 3.63) is 24.2 Å². The standard InChI is InChI=1S/C15H20N4O2/c1-10-4-3-6-15(9-10,20-2)14-18-13(21-19-14)11-5-7-17-12(16)8-11/h5,7-8,10H,3-4,6,9H2,1-2H3,(H2,16,17). The van der Waals surface area contributed by atoms with E-state index in [-0.39, 0.29) is 0 Å². The van der Waals surface area contributed by atoms with Gasteiger partial charge in [-0.25, -0.2) is 4.98 Å². The Balaban J connectivity index is 1.93. The van der Waals surface area contributed by atoms with Crippen molar-refractivity contribution in [3.63, 3.8) is 0 Å². The fourth-order valence-corrected chi connectivity index (χ4v) is 3.09. The molecule has 2 aromatic rings. The molecule has 0 amide bonds. The highest BCUT2D eigenvalue weighted by molar-refractivity contribution is 5.56. The summed E-state index contributed by atoms with van der Waals surface area (Å²) in [5.74, 6) is 2.10. The molecule has 6 heteroatoms. The topological polar surface area (TPSA) is 87.1 Å². The zero-order valence-corrected chi connectivity index (χ0v) is 12.4. The van der Waals surface area contributed by atoms with E-state index in [1.807, 2.05) is 0 Å². The lowest BCUT2D eigenvalue weighted by atomic mass is 9.78. The maximum absolute atomic E-state index is 5.79. The normalized spacial score (nSPS) is 25.9. The molecule has 2 aromatic heterocycles. The van der Waals surface area contributed by atoms with Gasteiger partial charge in [0.25, 0.3) is 5.89 Å². The minimum atomic E-state index is -0.433. The molecule has 3 rings (SSSR count). The maximum atomic E-state index is 5.79. The Hall–Kier alpha value is -1.95. The molecule has 0 spiro atoms. The molecule has 1 fully saturated rings. The zero-order valence-electron chi connectivity index (χ0n) is 12.4. The monoisotopic (exact) mass is 288 g/mol. The first-order chi connectivity index (χ1) is 10.1. The summed E-state index contributed by atoms with van der Waals surface area (Å²) in [5.41, 5.74) is 6.03. The second-order valence-corrected chi connectivity index (χ2v) is 5.79. The smallest absolute Gasteiger partial charge is 0.258 e. The highest BCUT2D eigenvalue weighted by Gasteiger charge is 2.41. The van der Waals surface area contributed by atoms with E-state index >= 15 is 0 Å². The van der Waals surface area contributed by atoms with Crippen LogP contribution in [0.15, 0.2) is 22.9 Å². The van der Waals surface area contributed by atoms with Crippen molar-refractivity contribution >= 4 is 5.82 Å². The number of nitrogens with two attached hydrogens (primary N) is 1. The average Bonchev–Trinajstić information content (AvgIpc) is 2.97. The van der Waals surface area contributed by atoms with Gasteiger partial charge in [-0.2, -0.15) is 4.98 Å². The zero-order chi connectivity index (χ0) is 14.9. The molecule has 2 N–H and O–H groups in total. The third kappa shape index (κ3) is 2.63. The average molecular weight is 288 g/mol. The largest absolute Gasteiger partial charge is 0.384 e. The number of nitrogen functional groups attached to an aromatic ring is 1. The number of aromatic nitrogens is 3. The van der Waals surface area contributed by atoms with E-state index in [9.17, 15) is 0 Å². The lowest BCUT2D eigenvalue weighted by Crippen LogP contribution is -2.35.